The van der Waals surface area contributed by atoms with Crippen LogP contribution < -0.4 is 0 Å². The standard InChI is InChI=1S/C20H36O3/c1-3-5-6-7-8-10-13-16-19(21)17-14-11-9-12-15-18-20(22)23-4-2/h8,10,13,16,19,21H,3-7,9,11-12,14-15,17-18H2,1-2H3/b10-8-,16-13+. The van der Waals surface area contributed by atoms with Crippen molar-refractivity contribution in [2.45, 2.75) is 90.6 Å². The Morgan fingerprint density at radius 3 is 2.48 bits per heavy atom. The van der Waals surface area contributed by atoms with Crippen LogP contribution in [0.2, 0.25) is 0 Å². The second-order valence-corrected chi connectivity index (χ2v) is 5.99. The molecule has 0 radical (unpaired) electrons. The molecule has 0 bridgehead atoms. The molecule has 3 nitrogen and oxygen atoms in total. The molecule has 0 saturated carbocycles. The maximum Gasteiger partial charge on any atom is 0.305 e. The van der Waals surface area contributed by atoms with E-state index in [1.165, 1.54) is 19.3 Å². The van der Waals surface area contributed by atoms with Gasteiger partial charge in [0.25, 0.3) is 0 Å². The normalized spacial score (nSPS) is 13.0. The molecule has 0 aliphatic heterocycles. The zero-order chi connectivity index (χ0) is 17.2. The Morgan fingerprint density at radius 2 is 1.74 bits per heavy atom. The van der Waals surface area contributed by atoms with E-state index in [-0.39, 0.29) is 12.1 Å². The fraction of sp³-hybridized carbons (Fsp3) is 0.750. The van der Waals surface area contributed by atoms with E-state index in [0.717, 1.165) is 44.9 Å². The molecule has 1 N–H and O–H groups in total. The average Bonchev–Trinajstić information content (AvgIpc) is 2.53. The maximum atomic E-state index is 11.2. The molecule has 0 aromatic heterocycles. The number of unbranched alkanes of at least 4 members (excludes halogenated alkanes) is 7. The maximum absolute atomic E-state index is 11.2. The van der Waals surface area contributed by atoms with E-state index in [1.807, 2.05) is 25.2 Å². The van der Waals surface area contributed by atoms with Gasteiger partial charge in [-0.1, -0.05) is 69.8 Å². The predicted octanol–water partition coefficient (Wildman–Crippen LogP) is 5.33. The summed E-state index contributed by atoms with van der Waals surface area (Å²) in [5.74, 6) is -0.0872. The fourth-order valence-electron chi connectivity index (χ4n) is 2.36. The summed E-state index contributed by atoms with van der Waals surface area (Å²) < 4.78 is 4.89. The van der Waals surface area contributed by atoms with Gasteiger partial charge in [-0.3, -0.25) is 4.79 Å². The van der Waals surface area contributed by atoms with Crippen molar-refractivity contribution >= 4 is 5.97 Å². The first-order chi connectivity index (χ1) is 11.2. The van der Waals surface area contributed by atoms with Gasteiger partial charge in [-0.2, -0.15) is 0 Å². The van der Waals surface area contributed by atoms with Crippen molar-refractivity contribution in [2.75, 3.05) is 6.61 Å². The minimum atomic E-state index is -0.338. The third kappa shape index (κ3) is 17.1. The van der Waals surface area contributed by atoms with Gasteiger partial charge in [0.2, 0.25) is 0 Å². The Kier molecular flexibility index (Phi) is 16.4. The van der Waals surface area contributed by atoms with Crippen molar-refractivity contribution in [1.82, 2.24) is 0 Å². The first-order valence-electron chi connectivity index (χ1n) is 9.37. The molecule has 0 heterocycles. The van der Waals surface area contributed by atoms with Crippen LogP contribution >= 0.6 is 0 Å². The van der Waals surface area contributed by atoms with Crippen LogP contribution in [0, 0.1) is 0 Å². The lowest BCUT2D eigenvalue weighted by atomic mass is 10.1. The largest absolute Gasteiger partial charge is 0.466 e. The molecular weight excluding hydrogens is 288 g/mol. The van der Waals surface area contributed by atoms with E-state index >= 15 is 0 Å². The summed E-state index contributed by atoms with van der Waals surface area (Å²) >= 11 is 0. The molecule has 1 atom stereocenters. The highest BCUT2D eigenvalue weighted by Crippen LogP contribution is 2.10. The highest BCUT2D eigenvalue weighted by molar-refractivity contribution is 5.69. The summed E-state index contributed by atoms with van der Waals surface area (Å²) in [7, 11) is 0. The molecule has 0 amide bonds. The van der Waals surface area contributed by atoms with Gasteiger partial charge in [0.15, 0.2) is 0 Å². The molecule has 0 aromatic rings. The zero-order valence-corrected chi connectivity index (χ0v) is 15.1. The molecule has 0 aromatic carbocycles. The Hall–Kier alpha value is -1.09. The van der Waals surface area contributed by atoms with Gasteiger partial charge in [-0.05, 0) is 32.6 Å². The van der Waals surface area contributed by atoms with Crippen LogP contribution in [0.3, 0.4) is 0 Å². The number of allylic oxidation sites excluding steroid dienone is 3. The molecule has 0 saturated heterocycles. The monoisotopic (exact) mass is 324 g/mol. The number of carbonyl (C=O) groups excluding carboxylic acids is 1. The van der Waals surface area contributed by atoms with E-state index < -0.39 is 0 Å². The van der Waals surface area contributed by atoms with Crippen molar-refractivity contribution in [2.24, 2.45) is 0 Å². The van der Waals surface area contributed by atoms with E-state index in [2.05, 4.69) is 13.0 Å². The van der Waals surface area contributed by atoms with Crippen LogP contribution in [-0.4, -0.2) is 23.8 Å². The minimum absolute atomic E-state index is 0.0872. The van der Waals surface area contributed by atoms with E-state index in [4.69, 9.17) is 4.74 Å². The SMILES string of the molecule is CCCCC/C=C\C=C\C(O)CCCCCCCC(=O)OCC. The number of ether oxygens (including phenoxy) is 1. The van der Waals surface area contributed by atoms with Crippen LogP contribution in [0.5, 0.6) is 0 Å². The second-order valence-electron chi connectivity index (χ2n) is 5.99. The fourth-order valence-corrected chi connectivity index (χ4v) is 2.36. The molecule has 134 valence electrons. The van der Waals surface area contributed by atoms with Crippen molar-refractivity contribution in [1.29, 1.82) is 0 Å². The third-order valence-corrected chi connectivity index (χ3v) is 3.74. The summed E-state index contributed by atoms with van der Waals surface area (Å²) in [5, 5.41) is 9.84. The Labute approximate surface area is 142 Å². The number of aliphatic hydroxyl groups is 1. The molecule has 0 aliphatic rings. The summed E-state index contributed by atoms with van der Waals surface area (Å²) in [6.45, 7) is 4.51. The second kappa shape index (κ2) is 17.3. The van der Waals surface area contributed by atoms with E-state index in [1.54, 1.807) is 0 Å². The first kappa shape index (κ1) is 21.9. The summed E-state index contributed by atoms with van der Waals surface area (Å²) in [5.41, 5.74) is 0. The Balaban J connectivity index is 3.42. The molecule has 23 heavy (non-hydrogen) atoms. The summed E-state index contributed by atoms with van der Waals surface area (Å²) in [6, 6.07) is 0. The lowest BCUT2D eigenvalue weighted by Gasteiger charge is -2.05. The highest BCUT2D eigenvalue weighted by Gasteiger charge is 2.01. The summed E-state index contributed by atoms with van der Waals surface area (Å²) in [4.78, 5) is 11.2. The molecule has 0 aliphatic carbocycles. The van der Waals surface area contributed by atoms with E-state index in [9.17, 15) is 9.90 Å². The molecule has 0 spiro atoms. The van der Waals surface area contributed by atoms with Gasteiger partial charge in [-0.25, -0.2) is 0 Å². The van der Waals surface area contributed by atoms with E-state index in [0.29, 0.717) is 13.0 Å². The number of esters is 1. The molecule has 1 unspecified atom stereocenters. The number of aliphatic hydroxyl groups excluding tert-OH is 1. The Bertz CT molecular complexity index is 321. The van der Waals surface area contributed by atoms with Crippen molar-refractivity contribution in [3.05, 3.63) is 24.3 Å². The van der Waals surface area contributed by atoms with Gasteiger partial charge >= 0.3 is 5.97 Å². The van der Waals surface area contributed by atoms with Gasteiger partial charge in [-0.15, -0.1) is 0 Å². The van der Waals surface area contributed by atoms with Crippen LogP contribution in [0.25, 0.3) is 0 Å². The number of carbonyl (C=O) groups is 1. The predicted molar refractivity (Wildman–Crippen MR) is 97.4 cm³/mol. The van der Waals surface area contributed by atoms with Gasteiger partial charge < -0.3 is 9.84 Å². The lowest BCUT2D eigenvalue weighted by molar-refractivity contribution is -0.143. The average molecular weight is 325 g/mol. The third-order valence-electron chi connectivity index (χ3n) is 3.74. The zero-order valence-electron chi connectivity index (χ0n) is 15.1. The molecule has 3 heteroatoms. The van der Waals surface area contributed by atoms with Crippen molar-refractivity contribution in [3.8, 4) is 0 Å². The van der Waals surface area contributed by atoms with Gasteiger partial charge in [0.1, 0.15) is 0 Å². The lowest BCUT2D eigenvalue weighted by Crippen LogP contribution is -2.03. The minimum Gasteiger partial charge on any atom is -0.466 e. The number of rotatable bonds is 15. The molecular formula is C20H36O3. The van der Waals surface area contributed by atoms with Gasteiger partial charge in [0.05, 0.1) is 12.7 Å². The number of hydrogen-bond acceptors (Lipinski definition) is 3. The van der Waals surface area contributed by atoms with Crippen molar-refractivity contribution < 1.29 is 14.6 Å². The summed E-state index contributed by atoms with van der Waals surface area (Å²) in [6.07, 6.45) is 19.2. The Morgan fingerprint density at radius 1 is 1.00 bits per heavy atom. The smallest absolute Gasteiger partial charge is 0.305 e. The van der Waals surface area contributed by atoms with Crippen molar-refractivity contribution in [3.63, 3.8) is 0 Å². The van der Waals surface area contributed by atoms with Crippen LogP contribution in [-0.2, 0) is 9.53 Å². The van der Waals surface area contributed by atoms with Crippen LogP contribution in [0.4, 0.5) is 0 Å². The van der Waals surface area contributed by atoms with Gasteiger partial charge in [0, 0.05) is 6.42 Å². The topological polar surface area (TPSA) is 46.5 Å². The molecule has 0 rings (SSSR count). The van der Waals surface area contributed by atoms with Crippen LogP contribution in [0.1, 0.15) is 84.5 Å². The van der Waals surface area contributed by atoms with Crippen LogP contribution in [0.15, 0.2) is 24.3 Å². The number of hydrogen-bond donors (Lipinski definition) is 1. The quantitative estimate of drug-likeness (QED) is 0.251. The molecule has 0 fully saturated rings. The highest BCUT2D eigenvalue weighted by atomic mass is 16.5. The first-order valence-corrected chi connectivity index (χ1v) is 9.37.